The third kappa shape index (κ3) is 4.33. The fraction of sp³-hybridized carbons (Fsp3) is 0.156. The lowest BCUT2D eigenvalue weighted by atomic mass is 9.75. The zero-order valence-electron chi connectivity index (χ0n) is 21.1. The van der Waals surface area contributed by atoms with Gasteiger partial charge in [0.1, 0.15) is 16.9 Å². The summed E-state index contributed by atoms with van der Waals surface area (Å²) in [7, 11) is 0. The number of fused-ring (bicyclic) bond motifs is 1. The van der Waals surface area contributed by atoms with Crippen LogP contribution in [-0.2, 0) is 15.1 Å². The predicted octanol–water partition coefficient (Wildman–Crippen LogP) is 6.75. The Morgan fingerprint density at radius 1 is 0.676 bits per heavy atom. The molecule has 1 heterocycles. The first-order valence-electron chi connectivity index (χ1n) is 12.2. The molecule has 0 N–H and O–H groups in total. The number of rotatable bonds is 4. The molecule has 0 spiro atoms. The predicted molar refractivity (Wildman–Crippen MR) is 146 cm³/mol. The number of amides is 2. The molecule has 0 fully saturated rings. The molecule has 0 aliphatic carbocycles. The van der Waals surface area contributed by atoms with Gasteiger partial charge in [-0.1, -0.05) is 109 Å². The van der Waals surface area contributed by atoms with Crippen LogP contribution in [0.3, 0.4) is 0 Å². The molecular formula is C32H28N2O3. The van der Waals surface area contributed by atoms with E-state index in [1.807, 2.05) is 115 Å². The lowest BCUT2D eigenvalue weighted by molar-refractivity contribution is -0.113. The van der Waals surface area contributed by atoms with Gasteiger partial charge < -0.3 is 4.74 Å². The highest BCUT2D eigenvalue weighted by molar-refractivity contribution is 6.55. The molecule has 37 heavy (non-hydrogen) atoms. The van der Waals surface area contributed by atoms with Crippen LogP contribution in [0, 0.1) is 0 Å². The molecular weight excluding hydrogens is 460 g/mol. The van der Waals surface area contributed by atoms with E-state index in [1.165, 1.54) is 0 Å². The van der Waals surface area contributed by atoms with Crippen molar-refractivity contribution in [3.63, 3.8) is 0 Å². The van der Waals surface area contributed by atoms with Crippen LogP contribution < -0.4 is 4.90 Å². The van der Waals surface area contributed by atoms with Gasteiger partial charge in [-0.15, -0.1) is 0 Å². The van der Waals surface area contributed by atoms with Crippen molar-refractivity contribution in [1.82, 2.24) is 0 Å². The van der Waals surface area contributed by atoms with Gasteiger partial charge in [0.15, 0.2) is 0 Å². The summed E-state index contributed by atoms with van der Waals surface area (Å²) >= 11 is 0. The van der Waals surface area contributed by atoms with Crippen LogP contribution in [0.25, 0.3) is 0 Å². The molecule has 2 amide bonds. The van der Waals surface area contributed by atoms with Gasteiger partial charge >= 0.3 is 6.09 Å². The van der Waals surface area contributed by atoms with Gasteiger partial charge in [0.2, 0.25) is 0 Å². The van der Waals surface area contributed by atoms with E-state index in [2.05, 4.69) is 4.99 Å². The monoisotopic (exact) mass is 488 g/mol. The summed E-state index contributed by atoms with van der Waals surface area (Å²) in [5.41, 5.74) is 2.30. The van der Waals surface area contributed by atoms with Crippen molar-refractivity contribution in [3.8, 4) is 0 Å². The van der Waals surface area contributed by atoms with Crippen molar-refractivity contribution in [1.29, 1.82) is 0 Å². The van der Waals surface area contributed by atoms with Gasteiger partial charge in [0, 0.05) is 5.56 Å². The van der Waals surface area contributed by atoms with Gasteiger partial charge in [-0.05, 0) is 43.5 Å². The van der Waals surface area contributed by atoms with Gasteiger partial charge in [-0.3, -0.25) is 9.69 Å². The van der Waals surface area contributed by atoms with Gasteiger partial charge in [0.25, 0.3) is 5.91 Å². The third-order valence-corrected chi connectivity index (χ3v) is 6.31. The standard InChI is InChI=1S/C32H28N2O3/c1-31(2,3)37-30(36)33-28-26-21-13-14-22-27(26)34(29(28)35)32(23-15-7-4-8-16-23,24-17-9-5-10-18-24)25-19-11-6-12-20-25/h4-22H,1-3H3/b33-28-. The fourth-order valence-corrected chi connectivity index (χ4v) is 4.94. The molecule has 0 unspecified atom stereocenters. The van der Waals surface area contributed by atoms with E-state index in [0.717, 1.165) is 16.7 Å². The number of para-hydroxylation sites is 1. The van der Waals surface area contributed by atoms with E-state index in [9.17, 15) is 9.59 Å². The molecule has 5 nitrogen and oxygen atoms in total. The number of hydrogen-bond donors (Lipinski definition) is 0. The Balaban J connectivity index is 1.82. The topological polar surface area (TPSA) is 59.0 Å². The number of benzene rings is 4. The number of aliphatic imine (C=N–C) groups is 1. The highest BCUT2D eigenvalue weighted by Crippen LogP contribution is 2.48. The normalized spacial score (nSPS) is 14.5. The maximum atomic E-state index is 14.4. The number of ether oxygens (including phenoxy) is 1. The SMILES string of the molecule is CC(C)(C)OC(=O)/N=C1\C(=O)N(C(c2ccccc2)(c2ccccc2)c2ccccc2)c2ccccc21. The minimum Gasteiger partial charge on any atom is -0.442 e. The van der Waals surface area contributed by atoms with Crippen LogP contribution in [-0.4, -0.2) is 23.3 Å². The lowest BCUT2D eigenvalue weighted by Crippen LogP contribution is -2.51. The molecule has 5 heteroatoms. The Labute approximate surface area is 217 Å². The van der Waals surface area contributed by atoms with Crippen molar-refractivity contribution in [2.75, 3.05) is 4.90 Å². The summed E-state index contributed by atoms with van der Waals surface area (Å²) in [5, 5.41) is 0. The largest absolute Gasteiger partial charge is 0.442 e. The van der Waals surface area contributed by atoms with Crippen LogP contribution in [0.2, 0.25) is 0 Å². The average molecular weight is 489 g/mol. The van der Waals surface area contributed by atoms with Crippen LogP contribution >= 0.6 is 0 Å². The maximum Gasteiger partial charge on any atom is 0.434 e. The number of hydrogen-bond acceptors (Lipinski definition) is 3. The van der Waals surface area contributed by atoms with Crippen LogP contribution in [0.15, 0.2) is 120 Å². The molecule has 0 radical (unpaired) electrons. The Morgan fingerprint density at radius 2 is 1.11 bits per heavy atom. The van der Waals surface area contributed by atoms with Crippen molar-refractivity contribution >= 4 is 23.4 Å². The number of carbonyl (C=O) groups excluding carboxylic acids is 2. The smallest absolute Gasteiger partial charge is 0.434 e. The Hall–Kier alpha value is -4.51. The molecule has 0 bridgehead atoms. The van der Waals surface area contributed by atoms with E-state index >= 15 is 0 Å². The van der Waals surface area contributed by atoms with Crippen molar-refractivity contribution in [2.45, 2.75) is 31.9 Å². The zero-order valence-corrected chi connectivity index (χ0v) is 21.1. The molecule has 1 aliphatic heterocycles. The van der Waals surface area contributed by atoms with Crippen molar-refractivity contribution in [3.05, 3.63) is 138 Å². The van der Waals surface area contributed by atoms with Gasteiger partial charge in [-0.2, -0.15) is 4.99 Å². The molecule has 0 atom stereocenters. The first-order valence-corrected chi connectivity index (χ1v) is 12.2. The minimum absolute atomic E-state index is 0.0667. The average Bonchev–Trinajstić information content (AvgIpc) is 3.17. The second-order valence-corrected chi connectivity index (χ2v) is 9.91. The van der Waals surface area contributed by atoms with Gasteiger partial charge in [0.05, 0.1) is 5.69 Å². The van der Waals surface area contributed by atoms with E-state index in [0.29, 0.717) is 11.3 Å². The molecule has 0 saturated carbocycles. The summed E-state index contributed by atoms with van der Waals surface area (Å²) < 4.78 is 5.44. The molecule has 4 aromatic carbocycles. The molecule has 0 saturated heterocycles. The Bertz CT molecular complexity index is 1360. The minimum atomic E-state index is -1.03. The molecule has 4 aromatic rings. The summed E-state index contributed by atoms with van der Waals surface area (Å²) in [4.78, 5) is 33.1. The van der Waals surface area contributed by atoms with Crippen molar-refractivity contribution in [2.24, 2.45) is 4.99 Å². The second-order valence-electron chi connectivity index (χ2n) is 9.91. The quantitative estimate of drug-likeness (QED) is 0.299. The van der Waals surface area contributed by atoms with Crippen LogP contribution in [0.1, 0.15) is 43.0 Å². The van der Waals surface area contributed by atoms with E-state index in [-0.39, 0.29) is 11.6 Å². The summed E-state index contributed by atoms with van der Waals surface area (Å²) in [6, 6.07) is 37.3. The van der Waals surface area contributed by atoms with E-state index in [4.69, 9.17) is 4.74 Å². The summed E-state index contributed by atoms with van der Waals surface area (Å²) in [6.07, 6.45) is -0.794. The lowest BCUT2D eigenvalue weighted by Gasteiger charge is -2.43. The molecule has 1 aliphatic rings. The molecule has 0 aromatic heterocycles. The summed E-state index contributed by atoms with van der Waals surface area (Å²) in [6.45, 7) is 5.31. The van der Waals surface area contributed by atoms with Crippen LogP contribution in [0.5, 0.6) is 0 Å². The highest BCUT2D eigenvalue weighted by Gasteiger charge is 2.51. The highest BCUT2D eigenvalue weighted by atomic mass is 16.6. The first-order chi connectivity index (χ1) is 17.8. The maximum absolute atomic E-state index is 14.4. The molecule has 184 valence electrons. The number of nitrogens with zero attached hydrogens (tertiary/aromatic N) is 2. The zero-order chi connectivity index (χ0) is 26.0. The number of anilines is 1. The second kappa shape index (κ2) is 9.51. The Morgan fingerprint density at radius 3 is 1.57 bits per heavy atom. The fourth-order valence-electron chi connectivity index (χ4n) is 4.94. The summed E-state index contributed by atoms with van der Waals surface area (Å²) in [5.74, 6) is -0.372. The van der Waals surface area contributed by atoms with Crippen molar-refractivity contribution < 1.29 is 14.3 Å². The van der Waals surface area contributed by atoms with E-state index in [1.54, 1.807) is 25.7 Å². The van der Waals surface area contributed by atoms with Crippen LogP contribution in [0.4, 0.5) is 10.5 Å². The Kier molecular flexibility index (Phi) is 6.22. The van der Waals surface area contributed by atoms with E-state index < -0.39 is 17.2 Å². The third-order valence-electron chi connectivity index (χ3n) is 6.31. The number of carbonyl (C=O) groups is 2. The van der Waals surface area contributed by atoms with Gasteiger partial charge in [-0.25, -0.2) is 4.79 Å². The first kappa shape index (κ1) is 24.2. The molecule has 5 rings (SSSR count).